The second-order valence-corrected chi connectivity index (χ2v) is 3.91. The van der Waals surface area contributed by atoms with Gasteiger partial charge >= 0.3 is 5.97 Å². The van der Waals surface area contributed by atoms with E-state index >= 15 is 0 Å². The summed E-state index contributed by atoms with van der Waals surface area (Å²) in [5.41, 5.74) is -0.339. The number of hydrogen-bond donors (Lipinski definition) is 1. The van der Waals surface area contributed by atoms with Gasteiger partial charge in [-0.2, -0.15) is 10.3 Å². The van der Waals surface area contributed by atoms with Crippen LogP contribution in [0.25, 0.3) is 11.3 Å². The van der Waals surface area contributed by atoms with Crippen LogP contribution >= 0.6 is 0 Å². The Hall–Kier alpha value is -2.51. The molecule has 6 nitrogen and oxygen atoms in total. The van der Waals surface area contributed by atoms with Crippen molar-refractivity contribution in [3.63, 3.8) is 0 Å². The van der Waals surface area contributed by atoms with Crippen molar-refractivity contribution in [3.8, 4) is 17.0 Å². The molecule has 0 aliphatic heterocycles. The summed E-state index contributed by atoms with van der Waals surface area (Å²) in [6.45, 7) is 3.47. The fourth-order valence-electron chi connectivity index (χ4n) is 1.75. The van der Waals surface area contributed by atoms with Crippen LogP contribution in [-0.2, 0) is 4.74 Å². The number of rotatable bonds is 5. The molecule has 1 aromatic heterocycles. The fraction of sp³-hybridized carbons (Fsp3) is 0.308. The average Bonchev–Trinajstić information content (AvgIpc) is 2.93. The summed E-state index contributed by atoms with van der Waals surface area (Å²) in [6.07, 6.45) is 0. The molecule has 0 aliphatic rings. The lowest BCUT2D eigenvalue weighted by Gasteiger charge is -2.09. The Kier molecular flexibility index (Phi) is 4.46. The van der Waals surface area contributed by atoms with Crippen molar-refractivity contribution in [2.24, 2.45) is 0 Å². The number of carbonyl (C=O) groups is 1. The summed E-state index contributed by atoms with van der Waals surface area (Å²) in [4.78, 5) is 11.7. The van der Waals surface area contributed by atoms with Crippen LogP contribution in [-0.4, -0.2) is 34.6 Å². The van der Waals surface area contributed by atoms with Gasteiger partial charge in [0.15, 0.2) is 23.1 Å². The minimum atomic E-state index is -0.948. The first kappa shape index (κ1) is 14.9. The van der Waals surface area contributed by atoms with Crippen molar-refractivity contribution in [1.29, 1.82) is 0 Å². The highest BCUT2D eigenvalue weighted by atomic mass is 19.1. The predicted molar refractivity (Wildman–Crippen MR) is 68.9 cm³/mol. The molecular weight excluding hydrogens is 284 g/mol. The molecule has 0 spiro atoms. The summed E-state index contributed by atoms with van der Waals surface area (Å²) in [5.74, 6) is -3.05. The summed E-state index contributed by atoms with van der Waals surface area (Å²) < 4.78 is 37.6. The molecule has 21 heavy (non-hydrogen) atoms. The maximum atomic E-state index is 14.3. The SMILES string of the molecule is CCOC(=O)c1n[nH]nc1-c1ccc(F)c(OCC)c1F. The molecule has 1 heterocycles. The summed E-state index contributed by atoms with van der Waals surface area (Å²) in [7, 11) is 0. The van der Waals surface area contributed by atoms with Gasteiger partial charge in [-0.05, 0) is 26.0 Å². The highest BCUT2D eigenvalue weighted by molar-refractivity contribution is 5.94. The van der Waals surface area contributed by atoms with Gasteiger partial charge in [-0.1, -0.05) is 0 Å². The quantitative estimate of drug-likeness (QED) is 0.857. The van der Waals surface area contributed by atoms with Crippen LogP contribution in [0.1, 0.15) is 24.3 Å². The number of aromatic amines is 1. The molecule has 112 valence electrons. The van der Waals surface area contributed by atoms with Gasteiger partial charge in [-0.3, -0.25) is 0 Å². The molecule has 0 amide bonds. The zero-order valence-corrected chi connectivity index (χ0v) is 11.4. The van der Waals surface area contributed by atoms with Crippen molar-refractivity contribution in [2.75, 3.05) is 13.2 Å². The van der Waals surface area contributed by atoms with E-state index in [2.05, 4.69) is 15.4 Å². The first-order valence-electron chi connectivity index (χ1n) is 6.29. The number of hydrogen-bond acceptors (Lipinski definition) is 5. The Bertz CT molecular complexity index is 658. The van der Waals surface area contributed by atoms with E-state index in [4.69, 9.17) is 9.47 Å². The average molecular weight is 297 g/mol. The normalized spacial score (nSPS) is 10.5. The minimum absolute atomic E-state index is 0.0631. The second kappa shape index (κ2) is 6.29. The van der Waals surface area contributed by atoms with Crippen LogP contribution in [0.3, 0.4) is 0 Å². The molecule has 8 heteroatoms. The molecule has 0 saturated carbocycles. The molecule has 0 atom stereocenters. The Balaban J connectivity index is 2.51. The summed E-state index contributed by atoms with van der Waals surface area (Å²) in [5, 5.41) is 9.59. The lowest BCUT2D eigenvalue weighted by Crippen LogP contribution is -2.07. The van der Waals surface area contributed by atoms with Gasteiger partial charge < -0.3 is 9.47 Å². The molecule has 0 aliphatic carbocycles. The summed E-state index contributed by atoms with van der Waals surface area (Å²) in [6, 6.07) is 2.20. The van der Waals surface area contributed by atoms with Crippen LogP contribution < -0.4 is 4.74 Å². The largest absolute Gasteiger partial charge is 0.488 e. The number of benzene rings is 1. The minimum Gasteiger partial charge on any atom is -0.488 e. The van der Waals surface area contributed by atoms with E-state index in [0.717, 1.165) is 12.1 Å². The van der Waals surface area contributed by atoms with E-state index in [1.54, 1.807) is 13.8 Å². The van der Waals surface area contributed by atoms with E-state index in [-0.39, 0.29) is 30.2 Å². The van der Waals surface area contributed by atoms with Crippen molar-refractivity contribution < 1.29 is 23.0 Å². The van der Waals surface area contributed by atoms with Crippen LogP contribution in [0, 0.1) is 11.6 Å². The van der Waals surface area contributed by atoms with Gasteiger partial charge in [0, 0.05) is 5.56 Å². The van der Waals surface area contributed by atoms with Gasteiger partial charge in [0.1, 0.15) is 5.69 Å². The number of nitrogens with one attached hydrogen (secondary N) is 1. The third kappa shape index (κ3) is 2.83. The molecule has 0 bridgehead atoms. The molecule has 2 rings (SSSR count). The smallest absolute Gasteiger partial charge is 0.361 e. The van der Waals surface area contributed by atoms with Crippen molar-refractivity contribution >= 4 is 5.97 Å². The third-order valence-electron chi connectivity index (χ3n) is 2.61. The number of H-pyrrole nitrogens is 1. The number of nitrogens with zero attached hydrogens (tertiary/aromatic N) is 2. The first-order chi connectivity index (χ1) is 10.1. The van der Waals surface area contributed by atoms with E-state index in [1.807, 2.05) is 0 Å². The molecule has 0 saturated heterocycles. The zero-order chi connectivity index (χ0) is 15.4. The Morgan fingerprint density at radius 2 is 2.00 bits per heavy atom. The molecular formula is C13H13F2N3O3. The van der Waals surface area contributed by atoms with Crippen molar-refractivity contribution in [3.05, 3.63) is 29.5 Å². The van der Waals surface area contributed by atoms with E-state index in [1.165, 1.54) is 0 Å². The van der Waals surface area contributed by atoms with Gasteiger partial charge in [0.2, 0.25) is 0 Å². The molecule has 1 N–H and O–H groups in total. The molecule has 0 radical (unpaired) electrons. The Morgan fingerprint density at radius 1 is 1.24 bits per heavy atom. The predicted octanol–water partition coefficient (Wildman–Crippen LogP) is 2.33. The third-order valence-corrected chi connectivity index (χ3v) is 2.61. The van der Waals surface area contributed by atoms with Crippen molar-refractivity contribution in [1.82, 2.24) is 15.4 Å². The number of ether oxygens (including phenoxy) is 2. The molecule has 0 fully saturated rings. The highest BCUT2D eigenvalue weighted by Gasteiger charge is 2.24. The van der Waals surface area contributed by atoms with Crippen LogP contribution in [0.15, 0.2) is 12.1 Å². The van der Waals surface area contributed by atoms with Crippen molar-refractivity contribution in [2.45, 2.75) is 13.8 Å². The first-order valence-corrected chi connectivity index (χ1v) is 6.29. The maximum absolute atomic E-state index is 14.3. The molecule has 0 unspecified atom stereocenters. The van der Waals surface area contributed by atoms with E-state index < -0.39 is 23.4 Å². The maximum Gasteiger partial charge on any atom is 0.361 e. The lowest BCUT2D eigenvalue weighted by molar-refractivity contribution is 0.0520. The van der Waals surface area contributed by atoms with Gasteiger partial charge in [0.05, 0.1) is 13.2 Å². The highest BCUT2D eigenvalue weighted by Crippen LogP contribution is 2.31. The Morgan fingerprint density at radius 3 is 2.67 bits per heavy atom. The molecule has 1 aromatic carbocycles. The van der Waals surface area contributed by atoms with Crippen LogP contribution in [0.4, 0.5) is 8.78 Å². The standard InChI is InChI=1S/C13H13F2N3O3/c1-3-20-12-8(14)6-5-7(9(12)15)10-11(17-18-16-10)13(19)21-4-2/h5-6H,3-4H2,1-2H3,(H,16,17,18). The van der Waals surface area contributed by atoms with E-state index in [9.17, 15) is 13.6 Å². The number of esters is 1. The van der Waals surface area contributed by atoms with Gasteiger partial charge in [0.25, 0.3) is 0 Å². The zero-order valence-electron chi connectivity index (χ0n) is 11.4. The number of halogens is 2. The number of carbonyl (C=O) groups excluding carboxylic acids is 1. The second-order valence-electron chi connectivity index (χ2n) is 3.91. The number of aromatic nitrogens is 3. The lowest BCUT2D eigenvalue weighted by atomic mass is 10.1. The van der Waals surface area contributed by atoms with Crippen LogP contribution in [0.5, 0.6) is 5.75 Å². The van der Waals surface area contributed by atoms with E-state index in [0.29, 0.717) is 0 Å². The Labute approximate surface area is 119 Å². The van der Waals surface area contributed by atoms with Gasteiger partial charge in [-0.25, -0.2) is 13.6 Å². The van der Waals surface area contributed by atoms with Crippen LogP contribution in [0.2, 0.25) is 0 Å². The van der Waals surface area contributed by atoms with Gasteiger partial charge in [-0.15, -0.1) is 5.10 Å². The monoisotopic (exact) mass is 297 g/mol. The molecule has 2 aromatic rings. The fourth-order valence-corrected chi connectivity index (χ4v) is 1.75. The summed E-state index contributed by atoms with van der Waals surface area (Å²) >= 11 is 0. The topological polar surface area (TPSA) is 77.1 Å².